The summed E-state index contributed by atoms with van der Waals surface area (Å²) in [6.45, 7) is 6.74. The van der Waals surface area contributed by atoms with E-state index >= 15 is 0 Å². The molecule has 0 aliphatic heterocycles. The molecular formula is C21H32NO2+. The normalized spacial score (nSPS) is 20.0. The minimum atomic E-state index is -1.09. The average molecular weight is 330 g/mol. The molecule has 24 heavy (non-hydrogen) atoms. The van der Waals surface area contributed by atoms with Crippen molar-refractivity contribution < 1.29 is 15.1 Å². The molecule has 0 aromatic heterocycles. The van der Waals surface area contributed by atoms with Gasteiger partial charge in [-0.3, -0.25) is 0 Å². The molecule has 0 amide bonds. The first-order valence-electron chi connectivity index (χ1n) is 9.34. The van der Waals surface area contributed by atoms with Crippen molar-refractivity contribution >= 4 is 0 Å². The van der Waals surface area contributed by atoms with Crippen molar-refractivity contribution in [3.05, 3.63) is 35.9 Å². The molecular weight excluding hydrogens is 298 g/mol. The smallest absolute Gasteiger partial charge is 0.156 e. The molecule has 1 fully saturated rings. The summed E-state index contributed by atoms with van der Waals surface area (Å²) in [5, 5.41) is 20.9. The SMILES string of the molecule is CC[NH+](CC#C[C@](O)(c1ccccc1)C1(CC)CCCC1)CCO. The van der Waals surface area contributed by atoms with E-state index in [2.05, 4.69) is 25.7 Å². The number of quaternary nitrogens is 1. The molecule has 1 unspecified atom stereocenters. The highest BCUT2D eigenvalue weighted by Gasteiger charge is 2.50. The van der Waals surface area contributed by atoms with Gasteiger partial charge >= 0.3 is 0 Å². The Hall–Kier alpha value is -1.34. The number of rotatable bonds is 7. The van der Waals surface area contributed by atoms with Crippen LogP contribution in [0.1, 0.15) is 51.5 Å². The Morgan fingerprint density at radius 3 is 2.38 bits per heavy atom. The molecule has 2 atom stereocenters. The highest BCUT2D eigenvalue weighted by Crippen LogP contribution is 2.53. The second kappa shape index (κ2) is 8.67. The molecule has 1 aliphatic carbocycles. The molecule has 3 N–H and O–H groups in total. The first kappa shape index (κ1) is 19.0. The van der Waals surface area contributed by atoms with Crippen molar-refractivity contribution in [2.24, 2.45) is 5.41 Å². The average Bonchev–Trinajstić information content (AvgIpc) is 3.12. The van der Waals surface area contributed by atoms with Crippen molar-refractivity contribution in [3.8, 4) is 11.8 Å². The van der Waals surface area contributed by atoms with Crippen LogP contribution >= 0.6 is 0 Å². The fourth-order valence-electron chi connectivity index (χ4n) is 4.06. The zero-order valence-corrected chi connectivity index (χ0v) is 15.1. The standard InChI is InChI=1S/C21H31NO2/c1-3-20(13-8-9-14-20)21(24,19-11-6-5-7-12-19)15-10-16-22(4-2)17-18-23/h5-7,11-12,23-24H,3-4,8-9,13-14,16-18H2,1-2H3/p+1/t21-/m0/s1. The number of nitrogens with one attached hydrogen (secondary N) is 1. The molecule has 1 aromatic rings. The molecule has 1 aliphatic rings. The van der Waals surface area contributed by atoms with Crippen molar-refractivity contribution in [1.29, 1.82) is 0 Å². The van der Waals surface area contributed by atoms with E-state index in [1.807, 2.05) is 30.3 Å². The maximum atomic E-state index is 11.7. The second-order valence-electron chi connectivity index (χ2n) is 6.97. The van der Waals surface area contributed by atoms with E-state index < -0.39 is 5.60 Å². The monoisotopic (exact) mass is 330 g/mol. The summed E-state index contributed by atoms with van der Waals surface area (Å²) in [7, 11) is 0. The van der Waals surface area contributed by atoms with Crippen LogP contribution < -0.4 is 4.90 Å². The summed E-state index contributed by atoms with van der Waals surface area (Å²) in [6, 6.07) is 9.95. The highest BCUT2D eigenvalue weighted by atomic mass is 16.3. The highest BCUT2D eigenvalue weighted by molar-refractivity contribution is 5.36. The summed E-state index contributed by atoms with van der Waals surface area (Å²) in [5.74, 6) is 6.52. The van der Waals surface area contributed by atoms with Gasteiger partial charge in [0, 0.05) is 5.41 Å². The minimum Gasteiger partial charge on any atom is -0.391 e. The maximum absolute atomic E-state index is 11.7. The number of likely N-dealkylation sites (N-methyl/N-ethyl adjacent to an activating group) is 1. The lowest BCUT2D eigenvalue weighted by atomic mass is 9.65. The van der Waals surface area contributed by atoms with Gasteiger partial charge in [-0.1, -0.05) is 56.0 Å². The lowest BCUT2D eigenvalue weighted by Crippen LogP contribution is -3.12. The van der Waals surface area contributed by atoms with Crippen LogP contribution in [0.4, 0.5) is 0 Å². The van der Waals surface area contributed by atoms with Crippen molar-refractivity contribution in [2.75, 3.05) is 26.2 Å². The van der Waals surface area contributed by atoms with E-state index in [9.17, 15) is 5.11 Å². The quantitative estimate of drug-likeness (QED) is 0.667. The molecule has 0 heterocycles. The molecule has 3 heteroatoms. The van der Waals surface area contributed by atoms with E-state index in [-0.39, 0.29) is 12.0 Å². The van der Waals surface area contributed by atoms with Gasteiger partial charge in [0.15, 0.2) is 5.60 Å². The van der Waals surface area contributed by atoms with Gasteiger partial charge < -0.3 is 15.1 Å². The summed E-state index contributed by atoms with van der Waals surface area (Å²) in [6.07, 6.45) is 5.34. The molecule has 0 bridgehead atoms. The van der Waals surface area contributed by atoms with Gasteiger partial charge in [0.1, 0.15) is 13.1 Å². The Labute approximate surface area is 146 Å². The summed E-state index contributed by atoms with van der Waals surface area (Å²) >= 11 is 0. The zero-order valence-electron chi connectivity index (χ0n) is 15.1. The van der Waals surface area contributed by atoms with Crippen LogP contribution in [-0.4, -0.2) is 36.5 Å². The van der Waals surface area contributed by atoms with E-state index in [0.29, 0.717) is 13.1 Å². The van der Waals surface area contributed by atoms with Crippen LogP contribution in [-0.2, 0) is 5.60 Å². The Morgan fingerprint density at radius 1 is 1.17 bits per heavy atom. The van der Waals surface area contributed by atoms with Gasteiger partial charge in [-0.2, -0.15) is 0 Å². The minimum absolute atomic E-state index is 0.148. The molecule has 1 saturated carbocycles. The van der Waals surface area contributed by atoms with Gasteiger partial charge in [-0.05, 0) is 37.7 Å². The zero-order chi connectivity index (χ0) is 17.5. The number of aliphatic hydroxyl groups excluding tert-OH is 1. The van der Waals surface area contributed by atoms with Crippen molar-refractivity contribution in [1.82, 2.24) is 0 Å². The van der Waals surface area contributed by atoms with Crippen LogP contribution in [0.3, 0.4) is 0 Å². The van der Waals surface area contributed by atoms with Gasteiger partial charge in [0.2, 0.25) is 0 Å². The molecule has 0 spiro atoms. The maximum Gasteiger partial charge on any atom is 0.156 e. The van der Waals surface area contributed by atoms with Crippen LogP contribution in [0.5, 0.6) is 0 Å². The van der Waals surface area contributed by atoms with Crippen LogP contribution in [0, 0.1) is 17.3 Å². The molecule has 2 rings (SSSR count). The molecule has 3 nitrogen and oxygen atoms in total. The lowest BCUT2D eigenvalue weighted by molar-refractivity contribution is -0.891. The summed E-state index contributed by atoms with van der Waals surface area (Å²) in [4.78, 5) is 1.25. The third kappa shape index (κ3) is 3.83. The fourth-order valence-corrected chi connectivity index (χ4v) is 4.06. The van der Waals surface area contributed by atoms with E-state index in [1.54, 1.807) is 0 Å². The predicted octanol–water partition coefficient (Wildman–Crippen LogP) is 1.75. The number of hydrogen-bond donors (Lipinski definition) is 3. The largest absolute Gasteiger partial charge is 0.391 e. The van der Waals surface area contributed by atoms with Gasteiger partial charge in [0.05, 0.1) is 13.2 Å². The molecule has 1 aromatic carbocycles. The van der Waals surface area contributed by atoms with Crippen molar-refractivity contribution in [3.63, 3.8) is 0 Å². The fraction of sp³-hybridized carbons (Fsp3) is 0.619. The van der Waals surface area contributed by atoms with Crippen LogP contribution in [0.2, 0.25) is 0 Å². The first-order chi connectivity index (χ1) is 11.6. The van der Waals surface area contributed by atoms with E-state index in [0.717, 1.165) is 31.4 Å². The summed E-state index contributed by atoms with van der Waals surface area (Å²) in [5.41, 5.74) is -0.316. The number of aliphatic hydroxyl groups is 2. The topological polar surface area (TPSA) is 44.9 Å². The van der Waals surface area contributed by atoms with E-state index in [4.69, 9.17) is 5.11 Å². The van der Waals surface area contributed by atoms with Crippen LogP contribution in [0.25, 0.3) is 0 Å². The summed E-state index contributed by atoms with van der Waals surface area (Å²) < 4.78 is 0. The Kier molecular flexibility index (Phi) is 6.86. The third-order valence-electron chi connectivity index (χ3n) is 5.77. The van der Waals surface area contributed by atoms with Gasteiger partial charge in [0.25, 0.3) is 0 Å². The Morgan fingerprint density at radius 2 is 1.83 bits per heavy atom. The molecule has 0 radical (unpaired) electrons. The number of benzene rings is 1. The lowest BCUT2D eigenvalue weighted by Gasteiger charge is -2.41. The van der Waals surface area contributed by atoms with Gasteiger partial charge in [-0.25, -0.2) is 0 Å². The predicted molar refractivity (Wildman–Crippen MR) is 97.6 cm³/mol. The second-order valence-corrected chi connectivity index (χ2v) is 6.97. The van der Waals surface area contributed by atoms with Crippen LogP contribution in [0.15, 0.2) is 30.3 Å². The Balaban J connectivity index is 2.34. The molecule has 0 saturated heterocycles. The van der Waals surface area contributed by atoms with E-state index in [1.165, 1.54) is 17.7 Å². The molecule has 132 valence electrons. The van der Waals surface area contributed by atoms with Crippen molar-refractivity contribution in [2.45, 2.75) is 51.6 Å². The Bertz CT molecular complexity index is 554. The number of hydrogen-bond acceptors (Lipinski definition) is 2. The van der Waals surface area contributed by atoms with Gasteiger partial charge in [-0.15, -0.1) is 0 Å². The third-order valence-corrected chi connectivity index (χ3v) is 5.77. The first-order valence-corrected chi connectivity index (χ1v) is 9.34.